The largest absolute Gasteiger partial charge is 0.335 e. The van der Waals surface area contributed by atoms with E-state index in [2.05, 4.69) is 15.0 Å². The van der Waals surface area contributed by atoms with E-state index in [9.17, 15) is 9.59 Å². The van der Waals surface area contributed by atoms with Crippen molar-refractivity contribution in [1.29, 1.82) is 0 Å². The highest BCUT2D eigenvalue weighted by atomic mass is 16.2. The van der Waals surface area contributed by atoms with Crippen molar-refractivity contribution in [2.24, 2.45) is 0 Å². The first kappa shape index (κ1) is 19.0. The second kappa shape index (κ2) is 8.79. The Hall–Kier alpha value is -3.32. The predicted molar refractivity (Wildman–Crippen MR) is 109 cm³/mol. The van der Waals surface area contributed by atoms with Crippen LogP contribution in [0.25, 0.3) is 0 Å². The van der Waals surface area contributed by atoms with Gasteiger partial charge in [0.05, 0.1) is 6.54 Å². The van der Waals surface area contributed by atoms with Gasteiger partial charge in [0.2, 0.25) is 0 Å². The number of pyridine rings is 1. The zero-order valence-electron chi connectivity index (χ0n) is 16.1. The first-order valence-corrected chi connectivity index (χ1v) is 9.72. The van der Waals surface area contributed by atoms with Gasteiger partial charge >= 0.3 is 0 Å². The van der Waals surface area contributed by atoms with E-state index >= 15 is 0 Å². The van der Waals surface area contributed by atoms with Crippen molar-refractivity contribution in [2.75, 3.05) is 26.2 Å². The molecule has 0 N–H and O–H groups in total. The number of carbonyl (C=O) groups excluding carboxylic acids is 1. The van der Waals surface area contributed by atoms with Crippen molar-refractivity contribution in [3.05, 3.63) is 94.2 Å². The lowest BCUT2D eigenvalue weighted by molar-refractivity contribution is 0.0620. The molecule has 3 aromatic rings. The molecule has 0 saturated carbocycles. The molecule has 4 rings (SSSR count). The van der Waals surface area contributed by atoms with Gasteiger partial charge in [-0.3, -0.25) is 19.5 Å². The minimum Gasteiger partial charge on any atom is -0.335 e. The molecule has 1 fully saturated rings. The van der Waals surface area contributed by atoms with Crippen LogP contribution in [-0.2, 0) is 13.1 Å². The fraction of sp³-hybridized carbons (Fsp3) is 0.273. The third-order valence-corrected chi connectivity index (χ3v) is 5.08. The second-order valence-electron chi connectivity index (χ2n) is 7.12. The van der Waals surface area contributed by atoms with E-state index in [0.29, 0.717) is 25.3 Å². The van der Waals surface area contributed by atoms with Crippen LogP contribution in [0, 0.1) is 0 Å². The molecule has 0 radical (unpaired) electrons. The van der Waals surface area contributed by atoms with Gasteiger partial charge in [0, 0.05) is 51.2 Å². The molecule has 29 heavy (non-hydrogen) atoms. The van der Waals surface area contributed by atoms with Gasteiger partial charge in [-0.2, -0.15) is 5.10 Å². The summed E-state index contributed by atoms with van der Waals surface area (Å²) in [4.78, 5) is 33.2. The van der Waals surface area contributed by atoms with Crippen LogP contribution >= 0.6 is 0 Å². The summed E-state index contributed by atoms with van der Waals surface area (Å²) < 4.78 is 1.35. The Morgan fingerprint density at radius 2 is 1.52 bits per heavy atom. The number of piperazine rings is 1. The van der Waals surface area contributed by atoms with Gasteiger partial charge in [0.1, 0.15) is 5.69 Å². The predicted octanol–water partition coefficient (Wildman–Crippen LogP) is 1.64. The molecular formula is C22H23N5O2. The Labute approximate surface area is 169 Å². The molecule has 1 saturated heterocycles. The van der Waals surface area contributed by atoms with Crippen LogP contribution in [0.1, 0.15) is 21.6 Å². The third kappa shape index (κ3) is 4.75. The lowest BCUT2D eigenvalue weighted by Gasteiger charge is -2.34. The Kier molecular flexibility index (Phi) is 5.76. The summed E-state index contributed by atoms with van der Waals surface area (Å²) in [5.74, 6) is -0.129. The molecule has 0 atom stereocenters. The highest BCUT2D eigenvalue weighted by molar-refractivity contribution is 5.92. The summed E-state index contributed by atoms with van der Waals surface area (Å²) in [5, 5.41) is 4.32. The fourth-order valence-electron chi connectivity index (χ4n) is 3.45. The van der Waals surface area contributed by atoms with Gasteiger partial charge in [0.25, 0.3) is 11.5 Å². The molecule has 148 valence electrons. The maximum atomic E-state index is 12.9. The van der Waals surface area contributed by atoms with Crippen LogP contribution in [0.15, 0.2) is 71.8 Å². The van der Waals surface area contributed by atoms with Crippen molar-refractivity contribution in [2.45, 2.75) is 13.1 Å². The monoisotopic (exact) mass is 389 g/mol. The smallest absolute Gasteiger partial charge is 0.274 e. The van der Waals surface area contributed by atoms with Crippen molar-refractivity contribution in [1.82, 2.24) is 24.6 Å². The second-order valence-corrected chi connectivity index (χ2v) is 7.12. The maximum absolute atomic E-state index is 12.9. The average molecular weight is 389 g/mol. The van der Waals surface area contributed by atoms with E-state index in [1.807, 2.05) is 47.4 Å². The Morgan fingerprint density at radius 1 is 0.828 bits per heavy atom. The molecule has 1 aliphatic rings. The number of rotatable bonds is 5. The van der Waals surface area contributed by atoms with Gasteiger partial charge in [-0.25, -0.2) is 4.68 Å². The molecule has 0 unspecified atom stereocenters. The summed E-state index contributed by atoms with van der Waals surface area (Å²) in [7, 11) is 0. The summed E-state index contributed by atoms with van der Waals surface area (Å²) in [6, 6.07) is 16.6. The van der Waals surface area contributed by atoms with E-state index in [4.69, 9.17) is 0 Å². The molecule has 3 heterocycles. The molecule has 0 aliphatic carbocycles. The molecular weight excluding hydrogens is 366 g/mol. The molecule has 0 spiro atoms. The quantitative estimate of drug-likeness (QED) is 0.664. The highest BCUT2D eigenvalue weighted by Gasteiger charge is 2.23. The average Bonchev–Trinajstić information content (AvgIpc) is 2.77. The molecule has 7 heteroatoms. The molecule has 1 aromatic carbocycles. The van der Waals surface area contributed by atoms with E-state index in [0.717, 1.165) is 25.2 Å². The van der Waals surface area contributed by atoms with E-state index in [1.165, 1.54) is 22.4 Å². The van der Waals surface area contributed by atoms with Crippen molar-refractivity contribution in [3.8, 4) is 0 Å². The van der Waals surface area contributed by atoms with Crippen molar-refractivity contribution >= 4 is 5.91 Å². The van der Waals surface area contributed by atoms with E-state index in [-0.39, 0.29) is 11.5 Å². The SMILES string of the molecule is O=C(c1ccc(=O)n(Cc2ccccc2)n1)N1CCN(Cc2ccncc2)CC1. The van der Waals surface area contributed by atoms with Gasteiger partial charge < -0.3 is 4.90 Å². The number of hydrogen-bond acceptors (Lipinski definition) is 5. The van der Waals surface area contributed by atoms with Crippen molar-refractivity contribution < 1.29 is 4.79 Å². The Bertz CT molecular complexity index is 1010. The number of hydrogen-bond donors (Lipinski definition) is 0. The van der Waals surface area contributed by atoms with Crippen molar-refractivity contribution in [3.63, 3.8) is 0 Å². The first-order valence-electron chi connectivity index (χ1n) is 9.72. The third-order valence-electron chi connectivity index (χ3n) is 5.08. The molecule has 1 amide bonds. The lowest BCUT2D eigenvalue weighted by atomic mass is 10.2. The van der Waals surface area contributed by atoms with Crippen LogP contribution in [0.3, 0.4) is 0 Å². The van der Waals surface area contributed by atoms with Gasteiger partial charge in [0.15, 0.2) is 0 Å². The minimum atomic E-state index is -0.215. The molecule has 2 aromatic heterocycles. The number of aromatic nitrogens is 3. The molecule has 0 bridgehead atoms. The fourth-order valence-corrected chi connectivity index (χ4v) is 3.45. The van der Waals surface area contributed by atoms with E-state index < -0.39 is 0 Å². The van der Waals surface area contributed by atoms with Crippen LogP contribution < -0.4 is 5.56 Å². The molecule has 7 nitrogen and oxygen atoms in total. The minimum absolute atomic E-state index is 0.129. The topological polar surface area (TPSA) is 71.3 Å². The van der Waals surface area contributed by atoms with Crippen LogP contribution in [0.5, 0.6) is 0 Å². The van der Waals surface area contributed by atoms with Crippen LogP contribution in [0.4, 0.5) is 0 Å². The normalized spacial score (nSPS) is 14.7. The number of benzene rings is 1. The van der Waals surface area contributed by atoms with Crippen LogP contribution in [-0.4, -0.2) is 56.7 Å². The summed E-state index contributed by atoms with van der Waals surface area (Å²) in [5.41, 5.74) is 2.28. The zero-order valence-corrected chi connectivity index (χ0v) is 16.1. The Balaban J connectivity index is 1.40. The molecule has 1 aliphatic heterocycles. The summed E-state index contributed by atoms with van der Waals surface area (Å²) in [6.07, 6.45) is 3.59. The summed E-state index contributed by atoms with van der Waals surface area (Å²) >= 11 is 0. The maximum Gasteiger partial charge on any atom is 0.274 e. The lowest BCUT2D eigenvalue weighted by Crippen LogP contribution is -2.48. The van der Waals surface area contributed by atoms with Gasteiger partial charge in [-0.05, 0) is 29.3 Å². The summed E-state index contributed by atoms with van der Waals surface area (Å²) in [6.45, 7) is 4.09. The Morgan fingerprint density at radius 3 is 2.24 bits per heavy atom. The number of carbonyl (C=O) groups is 1. The van der Waals surface area contributed by atoms with Gasteiger partial charge in [-0.15, -0.1) is 0 Å². The first-order chi connectivity index (χ1) is 14.2. The van der Waals surface area contributed by atoms with Gasteiger partial charge in [-0.1, -0.05) is 30.3 Å². The standard InChI is InChI=1S/C22H23N5O2/c28-21-7-6-20(24-27(21)17-18-4-2-1-3-5-18)22(29)26-14-12-25(13-15-26)16-19-8-10-23-11-9-19/h1-11H,12-17H2. The number of nitrogens with zero attached hydrogens (tertiary/aromatic N) is 5. The number of amides is 1. The zero-order chi connectivity index (χ0) is 20.1. The highest BCUT2D eigenvalue weighted by Crippen LogP contribution is 2.10. The van der Waals surface area contributed by atoms with E-state index in [1.54, 1.807) is 12.4 Å². The van der Waals surface area contributed by atoms with Crippen LogP contribution in [0.2, 0.25) is 0 Å².